The first-order valence-electron chi connectivity index (χ1n) is 8.61. The highest BCUT2D eigenvalue weighted by Gasteiger charge is 2.18. The van der Waals surface area contributed by atoms with Crippen molar-refractivity contribution in [2.24, 2.45) is 0 Å². The van der Waals surface area contributed by atoms with Gasteiger partial charge in [0.2, 0.25) is 0 Å². The van der Waals surface area contributed by atoms with E-state index in [-0.39, 0.29) is 4.90 Å². The summed E-state index contributed by atoms with van der Waals surface area (Å²) in [5, 5.41) is 1.63. The van der Waals surface area contributed by atoms with Crippen LogP contribution in [0.1, 0.15) is 25.3 Å². The van der Waals surface area contributed by atoms with E-state index in [0.29, 0.717) is 17.0 Å². The van der Waals surface area contributed by atoms with Crippen molar-refractivity contribution in [3.05, 3.63) is 66.2 Å². The van der Waals surface area contributed by atoms with E-state index in [1.54, 1.807) is 12.1 Å². The molecule has 0 saturated carbocycles. The lowest BCUT2D eigenvalue weighted by Gasteiger charge is -2.17. The van der Waals surface area contributed by atoms with Crippen LogP contribution in [0.4, 0.5) is 11.4 Å². The molecule has 3 aromatic carbocycles. The summed E-state index contributed by atoms with van der Waals surface area (Å²) >= 11 is 0. The van der Waals surface area contributed by atoms with Crippen molar-refractivity contribution in [3.8, 4) is 0 Å². The molecule has 0 heterocycles. The lowest BCUT2D eigenvalue weighted by Crippen LogP contribution is -2.14. The van der Waals surface area contributed by atoms with Crippen LogP contribution in [0, 0.1) is 0 Å². The molecule has 136 valence electrons. The summed E-state index contributed by atoms with van der Waals surface area (Å²) in [4.78, 5) is 2.27. The SMILES string of the molecule is CC(C)c1ccc(NS(=O)(=O)c2cccc3c(N(C)C)cccc23)cc1. The van der Waals surface area contributed by atoms with E-state index in [4.69, 9.17) is 0 Å². The Kier molecular flexibility index (Phi) is 4.92. The quantitative estimate of drug-likeness (QED) is 0.702. The molecule has 0 spiro atoms. The Balaban J connectivity index is 2.03. The molecule has 3 aromatic rings. The summed E-state index contributed by atoms with van der Waals surface area (Å²) in [5.41, 5.74) is 2.73. The van der Waals surface area contributed by atoms with E-state index in [1.165, 1.54) is 5.56 Å². The summed E-state index contributed by atoms with van der Waals surface area (Å²) in [5.74, 6) is 0.406. The van der Waals surface area contributed by atoms with E-state index in [1.807, 2.05) is 67.5 Å². The molecule has 0 aliphatic heterocycles. The average molecular weight is 369 g/mol. The highest BCUT2D eigenvalue weighted by molar-refractivity contribution is 7.93. The Morgan fingerprint density at radius 1 is 0.846 bits per heavy atom. The molecular weight excluding hydrogens is 344 g/mol. The zero-order valence-corrected chi connectivity index (χ0v) is 16.3. The van der Waals surface area contributed by atoms with Gasteiger partial charge in [-0.05, 0) is 35.7 Å². The summed E-state index contributed by atoms with van der Waals surface area (Å²) < 4.78 is 28.7. The molecule has 0 atom stereocenters. The van der Waals surface area contributed by atoms with E-state index in [9.17, 15) is 8.42 Å². The van der Waals surface area contributed by atoms with Crippen molar-refractivity contribution in [1.82, 2.24) is 0 Å². The maximum absolute atomic E-state index is 13.0. The highest BCUT2D eigenvalue weighted by atomic mass is 32.2. The molecule has 0 saturated heterocycles. The van der Waals surface area contributed by atoms with Gasteiger partial charge in [-0.2, -0.15) is 0 Å². The number of rotatable bonds is 5. The topological polar surface area (TPSA) is 49.4 Å². The molecule has 5 heteroatoms. The fourth-order valence-corrected chi connectivity index (χ4v) is 4.32. The molecule has 0 radical (unpaired) electrons. The van der Waals surface area contributed by atoms with Crippen molar-refractivity contribution >= 4 is 32.2 Å². The highest BCUT2D eigenvalue weighted by Crippen LogP contribution is 2.31. The van der Waals surface area contributed by atoms with E-state index < -0.39 is 10.0 Å². The molecule has 0 bridgehead atoms. The molecule has 3 rings (SSSR count). The number of nitrogens with zero attached hydrogens (tertiary/aromatic N) is 1. The third-order valence-electron chi connectivity index (χ3n) is 4.46. The van der Waals surface area contributed by atoms with Crippen LogP contribution in [0.3, 0.4) is 0 Å². The number of sulfonamides is 1. The monoisotopic (exact) mass is 368 g/mol. The maximum Gasteiger partial charge on any atom is 0.262 e. The third kappa shape index (κ3) is 3.53. The molecule has 1 N–H and O–H groups in total. The van der Waals surface area contributed by atoms with Crippen LogP contribution in [-0.4, -0.2) is 22.5 Å². The molecule has 0 unspecified atom stereocenters. The van der Waals surface area contributed by atoms with E-state index >= 15 is 0 Å². The molecule has 0 aromatic heterocycles. The van der Waals surface area contributed by atoms with Crippen LogP contribution in [0.25, 0.3) is 10.8 Å². The number of fused-ring (bicyclic) bond motifs is 1. The second kappa shape index (κ2) is 7.00. The number of hydrogen-bond acceptors (Lipinski definition) is 3. The largest absolute Gasteiger partial charge is 0.377 e. The minimum Gasteiger partial charge on any atom is -0.377 e. The Bertz CT molecular complexity index is 1020. The Morgan fingerprint density at radius 3 is 2.08 bits per heavy atom. The Labute approximate surface area is 155 Å². The summed E-state index contributed by atoms with van der Waals surface area (Å²) in [7, 11) is 0.214. The molecule has 0 amide bonds. The predicted octanol–water partition coefficient (Wildman–Crippen LogP) is 4.83. The van der Waals surface area contributed by atoms with Gasteiger partial charge in [0.25, 0.3) is 10.0 Å². The van der Waals surface area contributed by atoms with Gasteiger partial charge >= 0.3 is 0 Å². The zero-order chi connectivity index (χ0) is 18.9. The number of anilines is 2. The van der Waals surface area contributed by atoms with Gasteiger partial charge in [0, 0.05) is 36.2 Å². The van der Waals surface area contributed by atoms with Gasteiger partial charge in [0.05, 0.1) is 4.90 Å². The van der Waals surface area contributed by atoms with Crippen molar-refractivity contribution in [3.63, 3.8) is 0 Å². The lowest BCUT2D eigenvalue weighted by molar-refractivity contribution is 0.602. The average Bonchev–Trinajstić information content (AvgIpc) is 2.60. The summed E-state index contributed by atoms with van der Waals surface area (Å²) in [6.07, 6.45) is 0. The first kappa shape index (κ1) is 18.3. The zero-order valence-electron chi connectivity index (χ0n) is 15.5. The third-order valence-corrected chi connectivity index (χ3v) is 5.90. The fourth-order valence-electron chi connectivity index (χ4n) is 3.04. The van der Waals surface area contributed by atoms with Gasteiger partial charge < -0.3 is 4.90 Å². The van der Waals surface area contributed by atoms with Crippen molar-refractivity contribution in [1.29, 1.82) is 0 Å². The normalized spacial score (nSPS) is 11.7. The van der Waals surface area contributed by atoms with Crippen LogP contribution in [0.5, 0.6) is 0 Å². The second-order valence-corrected chi connectivity index (χ2v) is 8.56. The van der Waals surface area contributed by atoms with Gasteiger partial charge in [-0.3, -0.25) is 4.72 Å². The van der Waals surface area contributed by atoms with Crippen LogP contribution in [-0.2, 0) is 10.0 Å². The maximum atomic E-state index is 13.0. The van der Waals surface area contributed by atoms with Gasteiger partial charge in [0.15, 0.2) is 0 Å². The Hall–Kier alpha value is -2.53. The number of nitrogens with one attached hydrogen (secondary N) is 1. The number of benzene rings is 3. The minimum atomic E-state index is -3.68. The number of hydrogen-bond donors (Lipinski definition) is 1. The molecule has 0 aliphatic rings. The van der Waals surface area contributed by atoms with Crippen LogP contribution < -0.4 is 9.62 Å². The van der Waals surface area contributed by atoms with Crippen LogP contribution >= 0.6 is 0 Å². The first-order valence-corrected chi connectivity index (χ1v) is 10.1. The van der Waals surface area contributed by atoms with Crippen LogP contribution in [0.15, 0.2) is 65.6 Å². The second-order valence-electron chi connectivity index (χ2n) is 6.91. The van der Waals surface area contributed by atoms with Gasteiger partial charge in [0.1, 0.15) is 0 Å². The summed E-state index contributed by atoms with van der Waals surface area (Å²) in [6, 6.07) is 18.6. The minimum absolute atomic E-state index is 0.284. The molecule has 0 fully saturated rings. The fraction of sp³-hybridized carbons (Fsp3) is 0.238. The standard InChI is InChI=1S/C21H24N2O2S/c1-15(2)16-11-13-17(14-12-16)22-26(24,25)21-10-6-7-18-19(21)8-5-9-20(18)23(3)4/h5-15,22H,1-4H3. The van der Waals surface area contributed by atoms with Crippen molar-refractivity contribution in [2.75, 3.05) is 23.7 Å². The van der Waals surface area contributed by atoms with E-state index in [0.717, 1.165) is 11.1 Å². The predicted molar refractivity (Wildman–Crippen MR) is 110 cm³/mol. The molecule has 4 nitrogen and oxygen atoms in total. The molecule has 0 aliphatic carbocycles. The van der Waals surface area contributed by atoms with E-state index in [2.05, 4.69) is 18.6 Å². The first-order chi connectivity index (χ1) is 12.3. The van der Waals surface area contributed by atoms with Crippen LogP contribution in [0.2, 0.25) is 0 Å². The van der Waals surface area contributed by atoms with Gasteiger partial charge in [-0.15, -0.1) is 0 Å². The Morgan fingerprint density at radius 2 is 1.46 bits per heavy atom. The van der Waals surface area contributed by atoms with Gasteiger partial charge in [-0.25, -0.2) is 8.42 Å². The lowest BCUT2D eigenvalue weighted by atomic mass is 10.0. The smallest absolute Gasteiger partial charge is 0.262 e. The molecule has 26 heavy (non-hydrogen) atoms. The summed E-state index contributed by atoms with van der Waals surface area (Å²) in [6.45, 7) is 4.22. The van der Waals surface area contributed by atoms with Crippen molar-refractivity contribution in [2.45, 2.75) is 24.7 Å². The van der Waals surface area contributed by atoms with Crippen molar-refractivity contribution < 1.29 is 8.42 Å². The van der Waals surface area contributed by atoms with Gasteiger partial charge in [-0.1, -0.05) is 50.2 Å². The molecular formula is C21H24N2O2S.